The quantitative estimate of drug-likeness (QED) is 0.175. The predicted octanol–water partition coefficient (Wildman–Crippen LogP) is 14.3. The number of rotatable bonds is 5. The molecule has 4 heterocycles. The van der Waals surface area contributed by atoms with E-state index in [1.165, 1.54) is 39.3 Å². The maximum Gasteiger partial charge on any atom is 0.137 e. The molecule has 0 aliphatic carbocycles. The summed E-state index contributed by atoms with van der Waals surface area (Å²) in [5.74, 6) is 2.40. The predicted molar refractivity (Wildman–Crippen MR) is 241 cm³/mol. The van der Waals surface area contributed by atoms with Gasteiger partial charge in [0.05, 0.1) is 22.4 Å². The molecule has 3 aromatic heterocycles. The molecule has 10 rings (SSSR count). The number of benzene rings is 6. The van der Waals surface area contributed by atoms with Crippen molar-refractivity contribution in [2.24, 2.45) is 0 Å². The van der Waals surface area contributed by atoms with Crippen molar-refractivity contribution in [3.8, 4) is 17.3 Å². The minimum atomic E-state index is -0.0365. The van der Waals surface area contributed by atoms with Crippen LogP contribution in [0.5, 0.6) is 11.5 Å². The van der Waals surface area contributed by atoms with Gasteiger partial charge in [-0.05, 0) is 114 Å². The van der Waals surface area contributed by atoms with Crippen molar-refractivity contribution >= 4 is 66.5 Å². The van der Waals surface area contributed by atoms with Crippen molar-refractivity contribution in [1.82, 2.24) is 9.55 Å². The van der Waals surface area contributed by atoms with Crippen LogP contribution in [0.3, 0.4) is 0 Å². The molecule has 0 saturated heterocycles. The normalized spacial score (nSPS) is 13.4. The highest BCUT2D eigenvalue weighted by Gasteiger charge is 2.30. The smallest absolute Gasteiger partial charge is 0.137 e. The molecule has 0 atom stereocenters. The number of pyridine rings is 1. The van der Waals surface area contributed by atoms with Crippen molar-refractivity contribution in [3.05, 3.63) is 156 Å². The first-order chi connectivity index (χ1) is 27.8. The third-order valence-corrected chi connectivity index (χ3v) is 11.8. The number of para-hydroxylation sites is 3. The first-order valence-corrected chi connectivity index (χ1v) is 20.2. The molecule has 0 bridgehead atoms. The standard InChI is InChI=1S/C52H48N4O2/c1-32-24-35(52(6,7)8)25-33(2)50(32)55-31-54(43-17-10-11-18-44(43)55)36-14-13-15-37(27-36)57-38-20-21-39-41-30-48-42(40-16-9-12-19-47(40)58-48)29-46(41)56(45(39)28-38)49-26-34(22-23-53-49)51(3,4)5/h9-30H,31H2,1-8H3. The van der Waals surface area contributed by atoms with Crippen LogP contribution in [0.1, 0.15) is 63.8 Å². The first kappa shape index (κ1) is 35.9. The number of furan rings is 1. The molecule has 1 aliphatic rings. The van der Waals surface area contributed by atoms with Crippen LogP contribution in [0.15, 0.2) is 138 Å². The molecule has 6 heteroatoms. The van der Waals surface area contributed by atoms with Gasteiger partial charge in [-0.15, -0.1) is 0 Å². The molecule has 0 fully saturated rings. The summed E-state index contributed by atoms with van der Waals surface area (Å²) in [7, 11) is 0. The van der Waals surface area contributed by atoms with E-state index in [1.54, 1.807) is 0 Å². The minimum absolute atomic E-state index is 0.0365. The Hall–Kier alpha value is -6.53. The molecule has 0 radical (unpaired) electrons. The van der Waals surface area contributed by atoms with Gasteiger partial charge in [-0.25, -0.2) is 4.98 Å². The Bertz CT molecular complexity index is 3060. The first-order valence-electron chi connectivity index (χ1n) is 20.2. The lowest BCUT2D eigenvalue weighted by atomic mass is 9.84. The molecule has 0 saturated carbocycles. The van der Waals surface area contributed by atoms with Gasteiger partial charge in [0.25, 0.3) is 0 Å². The lowest BCUT2D eigenvalue weighted by Crippen LogP contribution is -2.25. The van der Waals surface area contributed by atoms with E-state index in [0.29, 0.717) is 6.67 Å². The van der Waals surface area contributed by atoms with Gasteiger partial charge in [-0.2, -0.15) is 0 Å². The van der Waals surface area contributed by atoms with Crippen LogP contribution in [0.25, 0.3) is 49.6 Å². The Morgan fingerprint density at radius 2 is 1.24 bits per heavy atom. The molecule has 288 valence electrons. The second-order valence-electron chi connectivity index (χ2n) is 17.9. The zero-order valence-corrected chi connectivity index (χ0v) is 34.5. The van der Waals surface area contributed by atoms with Gasteiger partial charge in [0.2, 0.25) is 0 Å². The Morgan fingerprint density at radius 3 is 2.00 bits per heavy atom. The van der Waals surface area contributed by atoms with E-state index in [2.05, 4.69) is 179 Å². The summed E-state index contributed by atoms with van der Waals surface area (Å²) in [4.78, 5) is 9.79. The summed E-state index contributed by atoms with van der Waals surface area (Å²) in [5, 5.41) is 4.40. The number of fused-ring (bicyclic) bond motifs is 7. The summed E-state index contributed by atoms with van der Waals surface area (Å²) in [5.41, 5.74) is 13.8. The van der Waals surface area contributed by atoms with Crippen LogP contribution in [0.2, 0.25) is 0 Å². The SMILES string of the molecule is Cc1cc(C(C)(C)C)cc(C)c1N1CN(c2cccc(Oc3ccc4c5cc6oc7ccccc7c6cc5n(-c5cc(C(C)(C)C)ccn5)c4c3)c2)c2ccccc21. The number of hydrogen-bond donors (Lipinski definition) is 0. The molecular formula is C52H48N4O2. The maximum absolute atomic E-state index is 6.76. The van der Waals surface area contributed by atoms with Crippen molar-refractivity contribution in [2.75, 3.05) is 16.5 Å². The Kier molecular flexibility index (Phi) is 8.04. The Labute approximate surface area is 339 Å². The molecule has 1 aliphatic heterocycles. The van der Waals surface area contributed by atoms with E-state index in [1.807, 2.05) is 24.4 Å². The molecule has 6 nitrogen and oxygen atoms in total. The lowest BCUT2D eigenvalue weighted by molar-refractivity contribution is 0.483. The summed E-state index contributed by atoms with van der Waals surface area (Å²) in [6, 6.07) is 45.2. The van der Waals surface area contributed by atoms with Crippen molar-refractivity contribution in [2.45, 2.75) is 66.2 Å². The van der Waals surface area contributed by atoms with Gasteiger partial charge in [-0.3, -0.25) is 4.57 Å². The molecule has 0 N–H and O–H groups in total. The average molecular weight is 761 g/mol. The van der Waals surface area contributed by atoms with E-state index in [0.717, 1.165) is 66.7 Å². The van der Waals surface area contributed by atoms with Gasteiger partial charge in [0.15, 0.2) is 0 Å². The second kappa shape index (κ2) is 13.0. The van der Waals surface area contributed by atoms with Crippen molar-refractivity contribution < 1.29 is 9.15 Å². The average Bonchev–Trinajstić information content (AvgIpc) is 3.85. The van der Waals surface area contributed by atoms with Gasteiger partial charge in [-0.1, -0.05) is 90.1 Å². The van der Waals surface area contributed by atoms with E-state index < -0.39 is 0 Å². The largest absolute Gasteiger partial charge is 0.457 e. The van der Waals surface area contributed by atoms with E-state index in [9.17, 15) is 0 Å². The molecule has 0 spiro atoms. The maximum atomic E-state index is 6.76. The zero-order valence-electron chi connectivity index (χ0n) is 34.5. The number of aromatic nitrogens is 2. The Balaban J connectivity index is 1.05. The van der Waals surface area contributed by atoms with Crippen LogP contribution in [-0.4, -0.2) is 16.2 Å². The van der Waals surface area contributed by atoms with Crippen LogP contribution in [0, 0.1) is 13.8 Å². The fraction of sp³-hybridized carbons (Fsp3) is 0.212. The molecule has 0 amide bonds. The fourth-order valence-electron chi connectivity index (χ4n) is 8.82. The zero-order chi connectivity index (χ0) is 40.1. The van der Waals surface area contributed by atoms with Gasteiger partial charge in [0, 0.05) is 51.2 Å². The van der Waals surface area contributed by atoms with E-state index >= 15 is 0 Å². The van der Waals surface area contributed by atoms with Crippen molar-refractivity contribution in [3.63, 3.8) is 0 Å². The highest BCUT2D eigenvalue weighted by atomic mass is 16.5. The molecular weight excluding hydrogens is 713 g/mol. The summed E-state index contributed by atoms with van der Waals surface area (Å²) in [6.45, 7) is 18.7. The summed E-state index contributed by atoms with van der Waals surface area (Å²) in [6.07, 6.45) is 1.92. The van der Waals surface area contributed by atoms with Gasteiger partial charge >= 0.3 is 0 Å². The Morgan fingerprint density at radius 1 is 0.552 bits per heavy atom. The third kappa shape index (κ3) is 5.89. The monoisotopic (exact) mass is 760 g/mol. The topological polar surface area (TPSA) is 46.7 Å². The number of ether oxygens (including phenoxy) is 1. The van der Waals surface area contributed by atoms with Crippen LogP contribution >= 0.6 is 0 Å². The highest BCUT2D eigenvalue weighted by molar-refractivity contribution is 6.17. The van der Waals surface area contributed by atoms with E-state index in [4.69, 9.17) is 14.1 Å². The number of anilines is 4. The highest BCUT2D eigenvalue weighted by Crippen LogP contribution is 2.47. The van der Waals surface area contributed by atoms with Crippen molar-refractivity contribution in [1.29, 1.82) is 0 Å². The number of aryl methyl sites for hydroxylation is 2. The molecule has 0 unspecified atom stereocenters. The minimum Gasteiger partial charge on any atom is -0.457 e. The van der Waals surface area contributed by atoms with Gasteiger partial charge < -0.3 is 19.0 Å². The number of nitrogens with zero attached hydrogens (tertiary/aromatic N) is 4. The fourth-order valence-corrected chi connectivity index (χ4v) is 8.82. The summed E-state index contributed by atoms with van der Waals surface area (Å²) >= 11 is 0. The lowest BCUT2D eigenvalue weighted by Gasteiger charge is -2.28. The molecule has 58 heavy (non-hydrogen) atoms. The van der Waals surface area contributed by atoms with Crippen LogP contribution in [-0.2, 0) is 10.8 Å². The van der Waals surface area contributed by atoms with Crippen LogP contribution in [0.4, 0.5) is 22.7 Å². The molecule has 9 aromatic rings. The van der Waals surface area contributed by atoms with E-state index in [-0.39, 0.29) is 10.8 Å². The number of hydrogen-bond acceptors (Lipinski definition) is 5. The second-order valence-corrected chi connectivity index (χ2v) is 17.9. The molecule has 6 aromatic carbocycles. The third-order valence-electron chi connectivity index (χ3n) is 11.8. The van der Waals surface area contributed by atoms with Gasteiger partial charge in [0.1, 0.15) is 35.2 Å². The summed E-state index contributed by atoms with van der Waals surface area (Å²) < 4.78 is 15.4. The van der Waals surface area contributed by atoms with Crippen LogP contribution < -0.4 is 14.5 Å².